The molecule has 1 aliphatic heterocycles. The summed E-state index contributed by atoms with van der Waals surface area (Å²) in [5.74, 6) is 0.933. The first kappa shape index (κ1) is 13.6. The average Bonchev–Trinajstić information content (AvgIpc) is 3.14. The third kappa shape index (κ3) is 2.35. The molecule has 3 heteroatoms. The van der Waals surface area contributed by atoms with Crippen LogP contribution >= 0.6 is 0 Å². The molecule has 1 heterocycles. The predicted molar refractivity (Wildman–Crippen MR) is 80.3 cm³/mol. The highest BCUT2D eigenvalue weighted by Gasteiger charge is 2.43. The monoisotopic (exact) mass is 272 g/mol. The second-order valence-corrected chi connectivity index (χ2v) is 7.19. The third-order valence-corrected chi connectivity index (χ3v) is 4.41. The van der Waals surface area contributed by atoms with Crippen molar-refractivity contribution < 1.29 is 4.79 Å². The van der Waals surface area contributed by atoms with Gasteiger partial charge in [0.25, 0.3) is 0 Å². The van der Waals surface area contributed by atoms with Crippen LogP contribution in [0.4, 0.5) is 0 Å². The van der Waals surface area contributed by atoms with Gasteiger partial charge >= 0.3 is 0 Å². The van der Waals surface area contributed by atoms with Crippen LogP contribution in [-0.2, 0) is 4.79 Å². The van der Waals surface area contributed by atoms with Crippen molar-refractivity contribution in [2.24, 2.45) is 5.73 Å². The molecule has 20 heavy (non-hydrogen) atoms. The highest BCUT2D eigenvalue weighted by atomic mass is 16.2. The van der Waals surface area contributed by atoms with E-state index in [0.29, 0.717) is 6.42 Å². The molecule has 1 aliphatic carbocycles. The van der Waals surface area contributed by atoms with E-state index < -0.39 is 0 Å². The molecular weight excluding hydrogens is 248 g/mol. The number of amides is 1. The normalized spacial score (nSPS) is 27.2. The zero-order valence-corrected chi connectivity index (χ0v) is 12.6. The summed E-state index contributed by atoms with van der Waals surface area (Å²) in [6, 6.07) is 8.65. The van der Waals surface area contributed by atoms with E-state index in [4.69, 9.17) is 5.73 Å². The third-order valence-electron chi connectivity index (χ3n) is 4.41. The molecule has 3 rings (SSSR count). The molecule has 1 aromatic rings. The van der Waals surface area contributed by atoms with Crippen LogP contribution < -0.4 is 5.73 Å². The Bertz CT molecular complexity index is 511. The average molecular weight is 272 g/mol. The second kappa shape index (κ2) is 4.59. The van der Waals surface area contributed by atoms with Crippen LogP contribution in [0.25, 0.3) is 0 Å². The van der Waals surface area contributed by atoms with Crippen molar-refractivity contribution in [1.29, 1.82) is 0 Å². The first-order valence-electron chi connectivity index (χ1n) is 7.55. The van der Waals surface area contributed by atoms with Crippen molar-refractivity contribution in [3.05, 3.63) is 35.4 Å². The lowest BCUT2D eigenvalue weighted by Crippen LogP contribution is -2.45. The van der Waals surface area contributed by atoms with Gasteiger partial charge in [-0.15, -0.1) is 0 Å². The SMILES string of the molecule is CC(C)(C)N1C(=O)CC(N)C1c1ccc(C2CC2)cc1. The molecule has 2 fully saturated rings. The summed E-state index contributed by atoms with van der Waals surface area (Å²) in [6.45, 7) is 6.23. The Labute approximate surface area is 121 Å². The minimum Gasteiger partial charge on any atom is -0.329 e. The molecule has 1 saturated carbocycles. The lowest BCUT2D eigenvalue weighted by atomic mass is 9.95. The molecule has 0 spiro atoms. The van der Waals surface area contributed by atoms with Crippen molar-refractivity contribution in [1.82, 2.24) is 4.90 Å². The van der Waals surface area contributed by atoms with E-state index in [1.807, 2.05) is 4.90 Å². The molecule has 3 nitrogen and oxygen atoms in total. The van der Waals surface area contributed by atoms with E-state index in [2.05, 4.69) is 45.0 Å². The van der Waals surface area contributed by atoms with Crippen LogP contribution in [0.2, 0.25) is 0 Å². The molecule has 0 aromatic heterocycles. The van der Waals surface area contributed by atoms with Crippen LogP contribution in [0, 0.1) is 0 Å². The van der Waals surface area contributed by atoms with Gasteiger partial charge in [0.05, 0.1) is 6.04 Å². The highest BCUT2D eigenvalue weighted by molar-refractivity contribution is 5.81. The van der Waals surface area contributed by atoms with Crippen LogP contribution in [0.1, 0.15) is 63.1 Å². The summed E-state index contributed by atoms with van der Waals surface area (Å²) in [6.07, 6.45) is 3.08. The Hall–Kier alpha value is -1.35. The van der Waals surface area contributed by atoms with E-state index in [1.54, 1.807) is 0 Å². The number of rotatable bonds is 2. The lowest BCUT2D eigenvalue weighted by Gasteiger charge is -2.38. The topological polar surface area (TPSA) is 46.3 Å². The molecule has 0 radical (unpaired) electrons. The van der Waals surface area contributed by atoms with Crippen LogP contribution in [-0.4, -0.2) is 22.4 Å². The first-order chi connectivity index (χ1) is 9.38. The van der Waals surface area contributed by atoms with Gasteiger partial charge in [0, 0.05) is 18.0 Å². The number of carbonyl (C=O) groups excluding carboxylic acids is 1. The molecule has 1 aromatic carbocycles. The molecular formula is C17H24N2O. The standard InChI is InChI=1S/C17H24N2O/c1-17(2,3)19-15(20)10-14(18)16(19)13-8-6-12(7-9-13)11-4-5-11/h6-9,11,14,16H,4-5,10,18H2,1-3H3. The quantitative estimate of drug-likeness (QED) is 0.899. The molecule has 108 valence electrons. The maximum absolute atomic E-state index is 12.2. The zero-order chi connectivity index (χ0) is 14.5. The zero-order valence-electron chi connectivity index (χ0n) is 12.6. The van der Waals surface area contributed by atoms with Gasteiger partial charge in [0.15, 0.2) is 0 Å². The van der Waals surface area contributed by atoms with Gasteiger partial charge in [-0.2, -0.15) is 0 Å². The Morgan fingerprint density at radius 3 is 2.15 bits per heavy atom. The molecule has 2 N–H and O–H groups in total. The molecule has 1 saturated heterocycles. The number of nitrogens with zero attached hydrogens (tertiary/aromatic N) is 1. The van der Waals surface area contributed by atoms with Crippen LogP contribution in [0.15, 0.2) is 24.3 Å². The number of likely N-dealkylation sites (tertiary alicyclic amines) is 1. The summed E-state index contributed by atoms with van der Waals surface area (Å²) in [4.78, 5) is 14.2. The van der Waals surface area contributed by atoms with Crippen LogP contribution in [0.3, 0.4) is 0 Å². The minimum atomic E-state index is -0.189. The highest BCUT2D eigenvalue weighted by Crippen LogP contribution is 2.42. The van der Waals surface area contributed by atoms with Gasteiger partial charge in [-0.25, -0.2) is 0 Å². The molecule has 1 amide bonds. The number of hydrogen-bond acceptors (Lipinski definition) is 2. The largest absolute Gasteiger partial charge is 0.329 e. The predicted octanol–water partition coefficient (Wildman–Crippen LogP) is 2.96. The van der Waals surface area contributed by atoms with Gasteiger partial charge in [-0.3, -0.25) is 4.79 Å². The van der Waals surface area contributed by atoms with Gasteiger partial charge in [0.1, 0.15) is 0 Å². The van der Waals surface area contributed by atoms with Gasteiger partial charge < -0.3 is 10.6 Å². The Balaban J connectivity index is 1.91. The summed E-state index contributed by atoms with van der Waals surface area (Å²) in [5, 5.41) is 0. The van der Waals surface area contributed by atoms with Crippen LogP contribution in [0.5, 0.6) is 0 Å². The van der Waals surface area contributed by atoms with E-state index in [0.717, 1.165) is 5.92 Å². The smallest absolute Gasteiger partial charge is 0.225 e. The van der Waals surface area contributed by atoms with Crippen molar-refractivity contribution in [2.45, 2.75) is 63.6 Å². The number of benzene rings is 1. The molecule has 0 bridgehead atoms. The first-order valence-corrected chi connectivity index (χ1v) is 7.55. The van der Waals surface area contributed by atoms with Crippen molar-refractivity contribution in [2.75, 3.05) is 0 Å². The van der Waals surface area contributed by atoms with Crippen molar-refractivity contribution in [3.8, 4) is 0 Å². The van der Waals surface area contributed by atoms with E-state index in [-0.39, 0.29) is 23.5 Å². The van der Waals surface area contributed by atoms with E-state index in [9.17, 15) is 4.79 Å². The molecule has 2 atom stereocenters. The van der Waals surface area contributed by atoms with E-state index in [1.165, 1.54) is 24.0 Å². The fourth-order valence-corrected chi connectivity index (χ4v) is 3.33. The Morgan fingerprint density at radius 1 is 1.10 bits per heavy atom. The van der Waals surface area contributed by atoms with Crippen molar-refractivity contribution in [3.63, 3.8) is 0 Å². The van der Waals surface area contributed by atoms with Crippen molar-refractivity contribution >= 4 is 5.91 Å². The van der Waals surface area contributed by atoms with Gasteiger partial charge in [0.2, 0.25) is 5.91 Å². The second-order valence-electron chi connectivity index (χ2n) is 7.19. The maximum Gasteiger partial charge on any atom is 0.225 e. The Morgan fingerprint density at radius 2 is 1.65 bits per heavy atom. The fourth-order valence-electron chi connectivity index (χ4n) is 3.33. The maximum atomic E-state index is 12.2. The summed E-state index contributed by atoms with van der Waals surface area (Å²) < 4.78 is 0. The van der Waals surface area contributed by atoms with E-state index >= 15 is 0 Å². The number of nitrogens with two attached hydrogens (primary N) is 1. The summed E-state index contributed by atoms with van der Waals surface area (Å²) in [7, 11) is 0. The Kier molecular flexibility index (Phi) is 3.13. The lowest BCUT2D eigenvalue weighted by molar-refractivity contribution is -0.133. The molecule has 2 aliphatic rings. The summed E-state index contributed by atoms with van der Waals surface area (Å²) in [5.41, 5.74) is 8.64. The number of carbonyl (C=O) groups is 1. The van der Waals surface area contributed by atoms with Gasteiger partial charge in [-0.1, -0.05) is 24.3 Å². The van der Waals surface area contributed by atoms with Gasteiger partial charge in [-0.05, 0) is 50.7 Å². The summed E-state index contributed by atoms with van der Waals surface area (Å²) >= 11 is 0. The molecule has 2 unspecified atom stereocenters. The minimum absolute atomic E-state index is 0.00996. The number of hydrogen-bond donors (Lipinski definition) is 1. The fraction of sp³-hybridized carbons (Fsp3) is 0.588.